The third-order valence-corrected chi connectivity index (χ3v) is 2.95. The van der Waals surface area contributed by atoms with Crippen LogP contribution in [0.25, 0.3) is 0 Å². The quantitative estimate of drug-likeness (QED) is 0.860. The minimum Gasteiger partial charge on any atom is -0.508 e. The highest BCUT2D eigenvalue weighted by molar-refractivity contribution is 14.1. The number of phenolic OH excluding ortho intramolecular Hbond substituents is 1. The van der Waals surface area contributed by atoms with Crippen molar-refractivity contribution < 1.29 is 5.11 Å². The Morgan fingerprint density at radius 1 is 1.25 bits per heavy atom. The fraction of sp³-hybridized carbons (Fsp3) is 0.0833. The molecule has 16 heavy (non-hydrogen) atoms. The van der Waals surface area contributed by atoms with Crippen LogP contribution in [-0.4, -0.2) is 9.67 Å². The Hall–Kier alpha value is -1.30. The van der Waals surface area contributed by atoms with E-state index >= 15 is 0 Å². The second-order valence-corrected chi connectivity index (χ2v) is 4.69. The molecule has 0 fully saturated rings. The van der Waals surface area contributed by atoms with Crippen molar-refractivity contribution in [2.45, 2.75) is 6.54 Å². The Morgan fingerprint density at radius 2 is 2.06 bits per heavy atom. The van der Waals surface area contributed by atoms with Crippen molar-refractivity contribution in [3.05, 3.63) is 62.1 Å². The predicted octanol–water partition coefficient (Wildman–Crippen LogP) is 2.21. The molecule has 0 saturated carbocycles. The molecule has 2 aromatic rings. The molecule has 0 radical (unpaired) electrons. The summed E-state index contributed by atoms with van der Waals surface area (Å²) in [5, 5.41) is 9.67. The Morgan fingerprint density at radius 3 is 2.81 bits per heavy atom. The Kier molecular flexibility index (Phi) is 3.28. The molecule has 0 amide bonds. The molecule has 82 valence electrons. The van der Waals surface area contributed by atoms with Crippen LogP contribution in [0.5, 0.6) is 5.75 Å². The van der Waals surface area contributed by atoms with Gasteiger partial charge in [-0.15, -0.1) is 0 Å². The molecule has 0 atom stereocenters. The van der Waals surface area contributed by atoms with E-state index in [1.807, 2.05) is 12.1 Å². The maximum Gasteiger partial charge on any atom is 0.250 e. The molecular formula is C12H10INO2. The second-order valence-electron chi connectivity index (χ2n) is 3.44. The predicted molar refractivity (Wildman–Crippen MR) is 70.6 cm³/mol. The van der Waals surface area contributed by atoms with Gasteiger partial charge in [-0.25, -0.2) is 0 Å². The molecule has 1 aromatic heterocycles. The van der Waals surface area contributed by atoms with Gasteiger partial charge in [-0.05, 0) is 46.9 Å². The molecule has 0 saturated heterocycles. The highest BCUT2D eigenvalue weighted by Gasteiger charge is 2.03. The lowest BCUT2D eigenvalue weighted by atomic mass is 10.2. The maximum absolute atomic E-state index is 11.5. The van der Waals surface area contributed by atoms with Crippen LogP contribution in [0.3, 0.4) is 0 Å². The topological polar surface area (TPSA) is 42.2 Å². The van der Waals surface area contributed by atoms with Gasteiger partial charge in [0.15, 0.2) is 0 Å². The van der Waals surface area contributed by atoms with E-state index < -0.39 is 0 Å². The van der Waals surface area contributed by atoms with Crippen molar-refractivity contribution in [1.29, 1.82) is 0 Å². The number of nitrogens with zero attached hydrogens (tertiary/aromatic N) is 1. The highest BCUT2D eigenvalue weighted by atomic mass is 127. The van der Waals surface area contributed by atoms with Crippen molar-refractivity contribution >= 4 is 22.6 Å². The largest absolute Gasteiger partial charge is 0.508 e. The van der Waals surface area contributed by atoms with Crippen molar-refractivity contribution in [2.24, 2.45) is 0 Å². The van der Waals surface area contributed by atoms with Gasteiger partial charge in [0.25, 0.3) is 5.56 Å². The highest BCUT2D eigenvalue weighted by Crippen LogP contribution is 2.20. The lowest BCUT2D eigenvalue weighted by molar-refractivity contribution is 0.465. The van der Waals surface area contributed by atoms with E-state index in [9.17, 15) is 9.90 Å². The average Bonchev–Trinajstić information content (AvgIpc) is 2.27. The zero-order valence-corrected chi connectivity index (χ0v) is 10.6. The lowest BCUT2D eigenvalue weighted by Gasteiger charge is -2.07. The van der Waals surface area contributed by atoms with Gasteiger partial charge in [0.2, 0.25) is 0 Å². The summed E-state index contributed by atoms with van der Waals surface area (Å²) < 4.78 is 2.60. The summed E-state index contributed by atoms with van der Waals surface area (Å²) in [5.41, 5.74) is 0.681. The second kappa shape index (κ2) is 4.69. The number of halogens is 1. The van der Waals surface area contributed by atoms with E-state index in [4.69, 9.17) is 0 Å². The zero-order chi connectivity index (χ0) is 11.5. The molecule has 0 unspecified atom stereocenters. The van der Waals surface area contributed by atoms with E-state index in [-0.39, 0.29) is 11.3 Å². The first-order chi connectivity index (χ1) is 7.66. The minimum atomic E-state index is -0.0687. The Balaban J connectivity index is 2.38. The van der Waals surface area contributed by atoms with E-state index in [0.29, 0.717) is 6.54 Å². The molecular weight excluding hydrogens is 317 g/mol. The number of phenols is 1. The van der Waals surface area contributed by atoms with Crippen LogP contribution < -0.4 is 5.56 Å². The first-order valence-corrected chi connectivity index (χ1v) is 5.87. The molecule has 2 rings (SSSR count). The first-order valence-electron chi connectivity index (χ1n) is 4.80. The SMILES string of the molecule is O=c1ccccn1Cc1cc(I)ccc1O. The third kappa shape index (κ3) is 2.44. The first kappa shape index (κ1) is 11.2. The van der Waals surface area contributed by atoms with Gasteiger partial charge in [0, 0.05) is 21.4 Å². The molecule has 0 aliphatic rings. The van der Waals surface area contributed by atoms with Crippen LogP contribution >= 0.6 is 22.6 Å². The number of hydrogen-bond donors (Lipinski definition) is 1. The molecule has 4 heteroatoms. The number of rotatable bonds is 2. The summed E-state index contributed by atoms with van der Waals surface area (Å²) >= 11 is 2.18. The number of aromatic nitrogens is 1. The number of benzene rings is 1. The molecule has 1 aromatic carbocycles. The Bertz CT molecular complexity index is 563. The van der Waals surface area contributed by atoms with Gasteiger partial charge >= 0.3 is 0 Å². The molecule has 3 nitrogen and oxygen atoms in total. The molecule has 1 heterocycles. The standard InChI is InChI=1S/C12H10INO2/c13-10-4-5-11(15)9(7-10)8-14-6-2-1-3-12(14)16/h1-7,15H,8H2. The van der Waals surface area contributed by atoms with Gasteiger partial charge in [-0.1, -0.05) is 6.07 Å². The van der Waals surface area contributed by atoms with Gasteiger partial charge < -0.3 is 9.67 Å². The zero-order valence-electron chi connectivity index (χ0n) is 8.43. The third-order valence-electron chi connectivity index (χ3n) is 2.28. The monoisotopic (exact) mass is 327 g/mol. The fourth-order valence-corrected chi connectivity index (χ4v) is 2.01. The molecule has 0 aliphatic heterocycles. The van der Waals surface area contributed by atoms with E-state index in [0.717, 1.165) is 9.13 Å². The van der Waals surface area contributed by atoms with Crippen molar-refractivity contribution in [3.63, 3.8) is 0 Å². The summed E-state index contributed by atoms with van der Waals surface area (Å²) in [6.07, 6.45) is 1.71. The van der Waals surface area contributed by atoms with Crippen LogP contribution in [0.15, 0.2) is 47.4 Å². The van der Waals surface area contributed by atoms with Crippen molar-refractivity contribution in [1.82, 2.24) is 4.57 Å². The van der Waals surface area contributed by atoms with Crippen LogP contribution in [-0.2, 0) is 6.54 Å². The summed E-state index contributed by atoms with van der Waals surface area (Å²) in [4.78, 5) is 11.5. The number of hydrogen-bond acceptors (Lipinski definition) is 2. The maximum atomic E-state index is 11.5. The van der Waals surface area contributed by atoms with Crippen LogP contribution in [0.2, 0.25) is 0 Å². The van der Waals surface area contributed by atoms with Gasteiger partial charge in [0.1, 0.15) is 5.75 Å². The van der Waals surface area contributed by atoms with Crippen molar-refractivity contribution in [2.75, 3.05) is 0 Å². The summed E-state index contributed by atoms with van der Waals surface area (Å²) in [7, 11) is 0. The van der Waals surface area contributed by atoms with Crippen LogP contribution in [0, 0.1) is 3.57 Å². The average molecular weight is 327 g/mol. The number of aromatic hydroxyl groups is 1. The molecule has 1 N–H and O–H groups in total. The van der Waals surface area contributed by atoms with E-state index in [1.165, 1.54) is 6.07 Å². The van der Waals surface area contributed by atoms with Gasteiger partial charge in [-0.2, -0.15) is 0 Å². The minimum absolute atomic E-state index is 0.0687. The van der Waals surface area contributed by atoms with E-state index in [2.05, 4.69) is 22.6 Å². The van der Waals surface area contributed by atoms with Crippen LogP contribution in [0.4, 0.5) is 0 Å². The summed E-state index contributed by atoms with van der Waals surface area (Å²) in [6.45, 7) is 0.391. The van der Waals surface area contributed by atoms with Crippen molar-refractivity contribution in [3.8, 4) is 5.75 Å². The summed E-state index contributed by atoms with van der Waals surface area (Å²) in [5.74, 6) is 0.219. The van der Waals surface area contributed by atoms with Gasteiger partial charge in [0.05, 0.1) is 6.54 Å². The number of pyridine rings is 1. The normalized spacial score (nSPS) is 10.3. The molecule has 0 bridgehead atoms. The Labute approximate surface area is 107 Å². The van der Waals surface area contributed by atoms with E-state index in [1.54, 1.807) is 29.0 Å². The lowest BCUT2D eigenvalue weighted by Crippen LogP contribution is -2.18. The summed E-state index contributed by atoms with van der Waals surface area (Å²) in [6, 6.07) is 10.3. The van der Waals surface area contributed by atoms with Gasteiger partial charge in [-0.3, -0.25) is 4.79 Å². The molecule has 0 aliphatic carbocycles. The van der Waals surface area contributed by atoms with Crippen LogP contribution in [0.1, 0.15) is 5.56 Å². The fourth-order valence-electron chi connectivity index (χ4n) is 1.46. The molecule has 0 spiro atoms. The smallest absolute Gasteiger partial charge is 0.250 e.